The molecule has 0 spiro atoms. The Morgan fingerprint density at radius 1 is 1.35 bits per heavy atom. The van der Waals surface area contributed by atoms with Crippen molar-refractivity contribution in [2.24, 2.45) is 5.73 Å². The number of H-pyrrole nitrogens is 1. The predicted octanol–water partition coefficient (Wildman–Crippen LogP) is 0.411. The molecule has 0 unspecified atom stereocenters. The highest BCUT2D eigenvalue weighted by Gasteiger charge is 2.06. The molecule has 6 nitrogen and oxygen atoms in total. The number of hydrogen-bond donors (Lipinski definition) is 2. The molecule has 0 saturated heterocycles. The standard InChI is InChI=1S/C11H12N4O2/c12-9(16)6-10-13-11(15-14-10)7-17-8-4-2-1-3-5-8/h1-5H,6-7H2,(H2,12,16)(H,13,14,15). The van der Waals surface area contributed by atoms with Crippen molar-refractivity contribution in [1.82, 2.24) is 15.2 Å². The van der Waals surface area contributed by atoms with Crippen molar-refractivity contribution < 1.29 is 9.53 Å². The first kappa shape index (κ1) is 11.1. The van der Waals surface area contributed by atoms with E-state index < -0.39 is 5.91 Å². The lowest BCUT2D eigenvalue weighted by Crippen LogP contribution is -2.14. The van der Waals surface area contributed by atoms with Crippen molar-refractivity contribution in [2.75, 3.05) is 0 Å². The van der Waals surface area contributed by atoms with Gasteiger partial charge >= 0.3 is 0 Å². The molecule has 0 aliphatic rings. The predicted molar refractivity (Wildman–Crippen MR) is 60.1 cm³/mol. The van der Waals surface area contributed by atoms with Crippen molar-refractivity contribution in [3.8, 4) is 5.75 Å². The van der Waals surface area contributed by atoms with Gasteiger partial charge in [-0.3, -0.25) is 9.89 Å². The Morgan fingerprint density at radius 3 is 2.82 bits per heavy atom. The molecule has 88 valence electrons. The summed E-state index contributed by atoms with van der Waals surface area (Å²) in [5, 5.41) is 6.54. The summed E-state index contributed by atoms with van der Waals surface area (Å²) in [6, 6.07) is 9.37. The van der Waals surface area contributed by atoms with Gasteiger partial charge in [-0.05, 0) is 12.1 Å². The number of nitrogens with zero attached hydrogens (tertiary/aromatic N) is 2. The molecule has 1 heterocycles. The largest absolute Gasteiger partial charge is 0.486 e. The minimum atomic E-state index is -0.459. The molecule has 3 N–H and O–H groups in total. The number of nitrogens with one attached hydrogen (secondary N) is 1. The van der Waals surface area contributed by atoms with Gasteiger partial charge in [-0.15, -0.1) is 0 Å². The second-order valence-electron chi connectivity index (χ2n) is 3.44. The van der Waals surface area contributed by atoms with E-state index in [-0.39, 0.29) is 13.0 Å². The zero-order valence-corrected chi connectivity index (χ0v) is 9.09. The summed E-state index contributed by atoms with van der Waals surface area (Å²) in [6.45, 7) is 0.274. The number of ether oxygens (including phenoxy) is 1. The number of primary amides is 1. The van der Waals surface area contributed by atoms with Crippen LogP contribution in [0.5, 0.6) is 5.75 Å². The highest BCUT2D eigenvalue weighted by Crippen LogP contribution is 2.09. The lowest BCUT2D eigenvalue weighted by molar-refractivity contribution is -0.117. The van der Waals surface area contributed by atoms with Crippen LogP contribution in [-0.2, 0) is 17.8 Å². The number of amides is 1. The number of hydrogen-bond acceptors (Lipinski definition) is 4. The van der Waals surface area contributed by atoms with Crippen LogP contribution in [0.25, 0.3) is 0 Å². The van der Waals surface area contributed by atoms with E-state index in [9.17, 15) is 4.79 Å². The van der Waals surface area contributed by atoms with E-state index in [2.05, 4.69) is 15.2 Å². The Labute approximate surface area is 97.8 Å². The van der Waals surface area contributed by atoms with Gasteiger partial charge in [-0.1, -0.05) is 18.2 Å². The van der Waals surface area contributed by atoms with E-state index in [0.717, 1.165) is 5.75 Å². The van der Waals surface area contributed by atoms with Crippen LogP contribution in [0, 0.1) is 0 Å². The molecule has 2 rings (SSSR count). The number of carbonyl (C=O) groups is 1. The molecule has 0 bridgehead atoms. The molecular weight excluding hydrogens is 220 g/mol. The SMILES string of the molecule is NC(=O)Cc1n[nH]c(COc2ccccc2)n1. The van der Waals surface area contributed by atoms with Gasteiger partial charge in [-0.25, -0.2) is 4.98 Å². The van der Waals surface area contributed by atoms with Gasteiger partial charge in [0.15, 0.2) is 11.6 Å². The molecule has 17 heavy (non-hydrogen) atoms. The van der Waals surface area contributed by atoms with Crippen molar-refractivity contribution in [2.45, 2.75) is 13.0 Å². The van der Waals surface area contributed by atoms with Crippen molar-refractivity contribution in [3.63, 3.8) is 0 Å². The third-order valence-corrected chi connectivity index (χ3v) is 2.03. The van der Waals surface area contributed by atoms with Crippen LogP contribution in [0.2, 0.25) is 0 Å². The van der Waals surface area contributed by atoms with Gasteiger partial charge in [0, 0.05) is 0 Å². The van der Waals surface area contributed by atoms with Gasteiger partial charge in [0.25, 0.3) is 0 Å². The normalized spacial score (nSPS) is 10.1. The van der Waals surface area contributed by atoms with Gasteiger partial charge in [0.2, 0.25) is 5.91 Å². The molecule has 0 aliphatic carbocycles. The molecule has 6 heteroatoms. The second kappa shape index (κ2) is 5.11. The van der Waals surface area contributed by atoms with E-state index in [0.29, 0.717) is 11.6 Å². The van der Waals surface area contributed by atoms with Gasteiger partial charge in [-0.2, -0.15) is 5.10 Å². The summed E-state index contributed by atoms with van der Waals surface area (Å²) < 4.78 is 5.46. The monoisotopic (exact) mass is 232 g/mol. The zero-order chi connectivity index (χ0) is 12.1. The van der Waals surface area contributed by atoms with Crippen LogP contribution in [-0.4, -0.2) is 21.1 Å². The van der Waals surface area contributed by atoms with E-state index in [4.69, 9.17) is 10.5 Å². The molecule has 0 atom stereocenters. The maximum atomic E-state index is 10.7. The summed E-state index contributed by atoms with van der Waals surface area (Å²) in [5.41, 5.74) is 5.03. The number of aromatic amines is 1. The third-order valence-electron chi connectivity index (χ3n) is 2.03. The summed E-state index contributed by atoms with van der Waals surface area (Å²) in [4.78, 5) is 14.7. The van der Waals surface area contributed by atoms with Gasteiger partial charge in [0.1, 0.15) is 12.4 Å². The smallest absolute Gasteiger partial charge is 0.225 e. The number of nitrogens with two attached hydrogens (primary N) is 1. The fourth-order valence-corrected chi connectivity index (χ4v) is 1.30. The van der Waals surface area contributed by atoms with Crippen molar-refractivity contribution >= 4 is 5.91 Å². The Hall–Kier alpha value is -2.37. The maximum Gasteiger partial charge on any atom is 0.225 e. The average Bonchev–Trinajstić information content (AvgIpc) is 2.75. The van der Waals surface area contributed by atoms with Crippen molar-refractivity contribution in [1.29, 1.82) is 0 Å². The topological polar surface area (TPSA) is 93.9 Å². The van der Waals surface area contributed by atoms with Crippen LogP contribution < -0.4 is 10.5 Å². The molecule has 2 aromatic rings. The fourth-order valence-electron chi connectivity index (χ4n) is 1.30. The van der Waals surface area contributed by atoms with Crippen LogP contribution in [0.1, 0.15) is 11.6 Å². The Balaban J connectivity index is 1.91. The molecular formula is C11H12N4O2. The molecule has 0 fully saturated rings. The minimum absolute atomic E-state index is 0.0296. The number of rotatable bonds is 5. The molecule has 0 aliphatic heterocycles. The number of aromatic nitrogens is 3. The molecule has 0 saturated carbocycles. The Kier molecular flexibility index (Phi) is 3.34. The first-order valence-electron chi connectivity index (χ1n) is 5.10. The summed E-state index contributed by atoms with van der Waals surface area (Å²) in [7, 11) is 0. The van der Waals surface area contributed by atoms with Gasteiger partial charge in [0.05, 0.1) is 6.42 Å². The summed E-state index contributed by atoms with van der Waals surface area (Å²) in [6.07, 6.45) is 0.0296. The molecule has 1 aromatic carbocycles. The average molecular weight is 232 g/mol. The lowest BCUT2D eigenvalue weighted by atomic mass is 10.3. The summed E-state index contributed by atoms with van der Waals surface area (Å²) >= 11 is 0. The number of benzene rings is 1. The van der Waals surface area contributed by atoms with E-state index in [1.54, 1.807) is 0 Å². The van der Waals surface area contributed by atoms with Crippen LogP contribution >= 0.6 is 0 Å². The summed E-state index contributed by atoms with van der Waals surface area (Å²) in [5.74, 6) is 1.23. The molecule has 1 aromatic heterocycles. The first-order chi connectivity index (χ1) is 8.24. The second-order valence-corrected chi connectivity index (χ2v) is 3.44. The highest BCUT2D eigenvalue weighted by atomic mass is 16.5. The third kappa shape index (κ3) is 3.30. The Morgan fingerprint density at radius 2 is 2.12 bits per heavy atom. The highest BCUT2D eigenvalue weighted by molar-refractivity contribution is 5.75. The lowest BCUT2D eigenvalue weighted by Gasteiger charge is -2.02. The number of para-hydroxylation sites is 1. The van der Waals surface area contributed by atoms with Crippen LogP contribution in [0.15, 0.2) is 30.3 Å². The minimum Gasteiger partial charge on any atom is -0.486 e. The Bertz CT molecular complexity index is 495. The van der Waals surface area contributed by atoms with Crippen molar-refractivity contribution in [3.05, 3.63) is 42.0 Å². The number of carbonyl (C=O) groups excluding carboxylic acids is 1. The van der Waals surface area contributed by atoms with Crippen LogP contribution in [0.3, 0.4) is 0 Å². The van der Waals surface area contributed by atoms with E-state index >= 15 is 0 Å². The zero-order valence-electron chi connectivity index (χ0n) is 9.09. The first-order valence-corrected chi connectivity index (χ1v) is 5.10. The van der Waals surface area contributed by atoms with E-state index in [1.165, 1.54) is 0 Å². The van der Waals surface area contributed by atoms with Crippen LogP contribution in [0.4, 0.5) is 0 Å². The van der Waals surface area contributed by atoms with Gasteiger partial charge < -0.3 is 10.5 Å². The van der Waals surface area contributed by atoms with E-state index in [1.807, 2.05) is 30.3 Å². The molecule has 0 radical (unpaired) electrons. The molecule has 1 amide bonds. The maximum absolute atomic E-state index is 10.7. The fraction of sp³-hybridized carbons (Fsp3) is 0.182. The quantitative estimate of drug-likeness (QED) is 0.780.